The molecule has 1 aromatic carbocycles. The second-order valence-electron chi connectivity index (χ2n) is 8.30. The van der Waals surface area contributed by atoms with Crippen LogP contribution in [-0.2, 0) is 4.79 Å². The Morgan fingerprint density at radius 2 is 1.68 bits per heavy atom. The molecule has 0 spiro atoms. The molecule has 2 saturated heterocycles. The number of rotatable bonds is 2. The van der Waals surface area contributed by atoms with Crippen LogP contribution in [0.4, 0.5) is 5.69 Å². The van der Waals surface area contributed by atoms with Crippen LogP contribution in [0.2, 0.25) is 0 Å². The first-order valence-electron chi connectivity index (χ1n) is 9.27. The zero-order valence-electron chi connectivity index (χ0n) is 15.5. The summed E-state index contributed by atoms with van der Waals surface area (Å²) < 4.78 is 0. The van der Waals surface area contributed by atoms with Crippen molar-refractivity contribution in [3.8, 4) is 0 Å². The molecule has 5 heteroatoms. The van der Waals surface area contributed by atoms with Gasteiger partial charge in [-0.2, -0.15) is 0 Å². The average molecular weight is 343 g/mol. The summed E-state index contributed by atoms with van der Waals surface area (Å²) in [6.07, 6.45) is 2.11. The molecule has 2 amide bonds. The normalized spacial score (nSPS) is 23.7. The summed E-state index contributed by atoms with van der Waals surface area (Å²) in [5.41, 5.74) is 0.701. The lowest BCUT2D eigenvalue weighted by Crippen LogP contribution is -2.34. The quantitative estimate of drug-likeness (QED) is 0.868. The van der Waals surface area contributed by atoms with Gasteiger partial charge in [-0.15, -0.1) is 0 Å². The summed E-state index contributed by atoms with van der Waals surface area (Å²) in [7, 11) is 0. The Kier molecular flexibility index (Phi) is 5.13. The first-order chi connectivity index (χ1) is 11.9. The van der Waals surface area contributed by atoms with Crippen molar-refractivity contribution >= 4 is 17.5 Å². The van der Waals surface area contributed by atoms with Gasteiger partial charge in [-0.3, -0.25) is 9.59 Å². The van der Waals surface area contributed by atoms with Gasteiger partial charge in [0.25, 0.3) is 5.91 Å². The van der Waals surface area contributed by atoms with Crippen LogP contribution >= 0.6 is 0 Å². The van der Waals surface area contributed by atoms with E-state index in [1.54, 1.807) is 0 Å². The maximum atomic E-state index is 13.1. The first-order valence-corrected chi connectivity index (χ1v) is 9.27. The standard InChI is InChI=1S/C20H29N3O2/c1-20(2,3)19(25)22-17-7-5-4-6-16(17)18(24)23-10-8-14-12-21-13-15(14)9-11-23/h4-7,14-15,21H,8-13H2,1-3H3,(H,22,25)/t14-,15+. The molecule has 25 heavy (non-hydrogen) atoms. The van der Waals surface area contributed by atoms with E-state index >= 15 is 0 Å². The molecule has 2 aliphatic rings. The van der Waals surface area contributed by atoms with Gasteiger partial charge in [0, 0.05) is 18.5 Å². The van der Waals surface area contributed by atoms with Gasteiger partial charge in [0.15, 0.2) is 0 Å². The maximum absolute atomic E-state index is 13.1. The second kappa shape index (κ2) is 7.16. The van der Waals surface area contributed by atoms with Crippen LogP contribution in [-0.4, -0.2) is 42.9 Å². The van der Waals surface area contributed by atoms with Gasteiger partial charge in [0.1, 0.15) is 0 Å². The number of carbonyl (C=O) groups is 2. The van der Waals surface area contributed by atoms with Crippen molar-refractivity contribution in [3.05, 3.63) is 29.8 Å². The van der Waals surface area contributed by atoms with Crippen LogP contribution in [0.5, 0.6) is 0 Å². The lowest BCUT2D eigenvalue weighted by molar-refractivity contribution is -0.123. The summed E-state index contributed by atoms with van der Waals surface area (Å²) in [6.45, 7) is 9.35. The molecular formula is C20H29N3O2. The molecule has 0 aromatic heterocycles. The molecule has 136 valence electrons. The van der Waals surface area contributed by atoms with Gasteiger partial charge in [0.2, 0.25) is 5.91 Å². The monoisotopic (exact) mass is 343 g/mol. The number of para-hydroxylation sites is 1. The fourth-order valence-electron chi connectivity index (χ4n) is 3.68. The van der Waals surface area contributed by atoms with Crippen molar-refractivity contribution in [2.45, 2.75) is 33.6 Å². The van der Waals surface area contributed by atoms with Crippen molar-refractivity contribution < 1.29 is 9.59 Å². The molecule has 2 heterocycles. The van der Waals surface area contributed by atoms with E-state index in [0.717, 1.165) is 39.0 Å². The molecule has 0 saturated carbocycles. The minimum atomic E-state index is -0.497. The Morgan fingerprint density at radius 3 is 2.28 bits per heavy atom. The van der Waals surface area contributed by atoms with Crippen molar-refractivity contribution in [1.82, 2.24) is 10.2 Å². The topological polar surface area (TPSA) is 61.4 Å². The van der Waals surface area contributed by atoms with Crippen LogP contribution < -0.4 is 10.6 Å². The van der Waals surface area contributed by atoms with E-state index in [4.69, 9.17) is 0 Å². The average Bonchev–Trinajstić information content (AvgIpc) is 2.92. The van der Waals surface area contributed by atoms with E-state index < -0.39 is 5.41 Å². The highest BCUT2D eigenvalue weighted by molar-refractivity contribution is 6.04. The summed E-state index contributed by atoms with van der Waals surface area (Å²) in [5.74, 6) is 1.32. The van der Waals surface area contributed by atoms with Crippen LogP contribution in [0, 0.1) is 17.3 Å². The Morgan fingerprint density at radius 1 is 1.08 bits per heavy atom. The number of hydrogen-bond donors (Lipinski definition) is 2. The zero-order valence-corrected chi connectivity index (χ0v) is 15.5. The third kappa shape index (κ3) is 4.03. The van der Waals surface area contributed by atoms with Crippen LogP contribution in [0.25, 0.3) is 0 Å². The summed E-state index contributed by atoms with van der Waals surface area (Å²) in [6, 6.07) is 7.34. The number of anilines is 1. The van der Waals surface area contributed by atoms with Gasteiger partial charge in [0.05, 0.1) is 11.3 Å². The lowest BCUT2D eigenvalue weighted by atomic mass is 9.92. The fourth-order valence-corrected chi connectivity index (χ4v) is 3.68. The van der Waals surface area contributed by atoms with E-state index in [1.165, 1.54) is 0 Å². The van der Waals surface area contributed by atoms with Crippen LogP contribution in [0.3, 0.4) is 0 Å². The molecular weight excluding hydrogens is 314 g/mol. The number of fused-ring (bicyclic) bond motifs is 1. The van der Waals surface area contributed by atoms with Gasteiger partial charge < -0.3 is 15.5 Å². The predicted octanol–water partition coefficient (Wildman–Crippen LogP) is 2.74. The zero-order chi connectivity index (χ0) is 18.0. The molecule has 0 aliphatic carbocycles. The number of likely N-dealkylation sites (tertiary alicyclic amines) is 1. The third-order valence-corrected chi connectivity index (χ3v) is 5.39. The van der Waals surface area contributed by atoms with Crippen molar-refractivity contribution in [3.63, 3.8) is 0 Å². The third-order valence-electron chi connectivity index (χ3n) is 5.39. The number of hydrogen-bond acceptors (Lipinski definition) is 3. The number of benzene rings is 1. The summed E-state index contributed by atoms with van der Waals surface area (Å²) >= 11 is 0. The molecule has 5 nitrogen and oxygen atoms in total. The molecule has 3 rings (SSSR count). The Labute approximate surface area is 150 Å². The highest BCUT2D eigenvalue weighted by atomic mass is 16.2. The SMILES string of the molecule is CC(C)(C)C(=O)Nc1ccccc1C(=O)N1CC[C@@H]2CNC[C@@H]2CC1. The number of nitrogens with one attached hydrogen (secondary N) is 2. The van der Waals surface area contributed by atoms with E-state index in [0.29, 0.717) is 23.1 Å². The first kappa shape index (κ1) is 17.9. The van der Waals surface area contributed by atoms with Crippen LogP contribution in [0.1, 0.15) is 44.0 Å². The minimum absolute atomic E-state index is 0.0257. The Bertz CT molecular complexity index is 637. The van der Waals surface area contributed by atoms with Gasteiger partial charge in [-0.25, -0.2) is 0 Å². The number of carbonyl (C=O) groups excluding carboxylic acids is 2. The summed E-state index contributed by atoms with van der Waals surface area (Å²) in [5, 5.41) is 6.39. The molecule has 2 aliphatic heterocycles. The Hall–Kier alpha value is -1.88. The smallest absolute Gasteiger partial charge is 0.255 e. The molecule has 1 aromatic rings. The second-order valence-corrected chi connectivity index (χ2v) is 8.30. The van der Waals surface area contributed by atoms with E-state index in [1.807, 2.05) is 49.9 Å². The predicted molar refractivity (Wildman–Crippen MR) is 99.5 cm³/mol. The van der Waals surface area contributed by atoms with Crippen molar-refractivity contribution in [2.75, 3.05) is 31.5 Å². The van der Waals surface area contributed by atoms with Crippen molar-refractivity contribution in [2.24, 2.45) is 17.3 Å². The highest BCUT2D eigenvalue weighted by Gasteiger charge is 2.32. The fraction of sp³-hybridized carbons (Fsp3) is 0.600. The van der Waals surface area contributed by atoms with Gasteiger partial charge in [-0.1, -0.05) is 32.9 Å². The van der Waals surface area contributed by atoms with E-state index in [2.05, 4.69) is 10.6 Å². The minimum Gasteiger partial charge on any atom is -0.339 e. The van der Waals surface area contributed by atoms with Gasteiger partial charge in [-0.05, 0) is 49.9 Å². The van der Waals surface area contributed by atoms with E-state index in [-0.39, 0.29) is 11.8 Å². The molecule has 2 N–H and O–H groups in total. The largest absolute Gasteiger partial charge is 0.339 e. The Balaban J connectivity index is 1.75. The van der Waals surface area contributed by atoms with Crippen LogP contribution in [0.15, 0.2) is 24.3 Å². The molecule has 2 fully saturated rings. The van der Waals surface area contributed by atoms with Crippen molar-refractivity contribution in [1.29, 1.82) is 0 Å². The molecule has 0 bridgehead atoms. The number of amides is 2. The van der Waals surface area contributed by atoms with E-state index in [9.17, 15) is 9.59 Å². The highest BCUT2D eigenvalue weighted by Crippen LogP contribution is 2.29. The number of nitrogens with zero attached hydrogens (tertiary/aromatic N) is 1. The lowest BCUT2D eigenvalue weighted by Gasteiger charge is -2.24. The molecule has 0 unspecified atom stereocenters. The van der Waals surface area contributed by atoms with Gasteiger partial charge >= 0.3 is 0 Å². The summed E-state index contributed by atoms with van der Waals surface area (Å²) in [4.78, 5) is 27.4. The molecule has 2 atom stereocenters. The maximum Gasteiger partial charge on any atom is 0.255 e. The molecule has 0 radical (unpaired) electrons.